The number of fused-ring (bicyclic) bond motifs is 1. The Kier molecular flexibility index (Phi) is 4.06. The number of hydrogen-bond acceptors (Lipinski definition) is 4. The first kappa shape index (κ1) is 15.6. The monoisotopic (exact) mass is 332 g/mol. The Morgan fingerprint density at radius 1 is 1.00 bits per heavy atom. The molecule has 0 atom stereocenters. The molecule has 5 nitrogen and oxygen atoms in total. The van der Waals surface area contributed by atoms with Crippen LogP contribution in [0, 0.1) is 6.92 Å². The molecule has 1 aliphatic rings. The van der Waals surface area contributed by atoms with Gasteiger partial charge < -0.3 is 9.80 Å². The highest BCUT2D eigenvalue weighted by atomic mass is 16.2. The molecular weight excluding hydrogens is 312 g/mol. The molecule has 0 unspecified atom stereocenters. The highest BCUT2D eigenvalue weighted by molar-refractivity contribution is 5.94. The number of carbonyl (C=O) groups excluding carboxylic acids is 1. The van der Waals surface area contributed by atoms with Crippen molar-refractivity contribution in [3.05, 3.63) is 66.0 Å². The fraction of sp³-hybridized carbons (Fsp3) is 0.250. The number of carbonyl (C=O) groups is 1. The Labute approximate surface area is 146 Å². The van der Waals surface area contributed by atoms with Crippen molar-refractivity contribution in [1.82, 2.24) is 14.9 Å². The Morgan fingerprint density at radius 3 is 2.48 bits per heavy atom. The van der Waals surface area contributed by atoms with Crippen LogP contribution in [0.5, 0.6) is 0 Å². The number of para-hydroxylation sites is 1. The van der Waals surface area contributed by atoms with Crippen molar-refractivity contribution in [3.63, 3.8) is 0 Å². The molecule has 25 heavy (non-hydrogen) atoms. The second kappa shape index (κ2) is 6.51. The predicted molar refractivity (Wildman–Crippen MR) is 98.8 cm³/mol. The molecule has 0 aliphatic carbocycles. The quantitative estimate of drug-likeness (QED) is 0.724. The number of benzene rings is 1. The van der Waals surface area contributed by atoms with Gasteiger partial charge in [-0.2, -0.15) is 0 Å². The van der Waals surface area contributed by atoms with Gasteiger partial charge in [0.05, 0.1) is 5.52 Å². The first-order chi connectivity index (χ1) is 12.2. The summed E-state index contributed by atoms with van der Waals surface area (Å²) in [5.74, 6) is 1.10. The van der Waals surface area contributed by atoms with Gasteiger partial charge in [-0.05, 0) is 36.8 Å². The average molecular weight is 332 g/mol. The Bertz CT molecular complexity index is 902. The third-order valence-electron chi connectivity index (χ3n) is 4.68. The lowest BCUT2D eigenvalue weighted by molar-refractivity contribution is 0.0746. The van der Waals surface area contributed by atoms with Crippen LogP contribution in [0.1, 0.15) is 15.9 Å². The molecule has 0 N–H and O–H groups in total. The van der Waals surface area contributed by atoms with Gasteiger partial charge in [-0.3, -0.25) is 9.78 Å². The molecular formula is C20H20N4O. The van der Waals surface area contributed by atoms with E-state index in [9.17, 15) is 4.79 Å². The second-order valence-corrected chi connectivity index (χ2v) is 6.34. The van der Waals surface area contributed by atoms with Crippen molar-refractivity contribution in [1.29, 1.82) is 0 Å². The number of pyridine rings is 2. The predicted octanol–water partition coefficient (Wildman–Crippen LogP) is 2.90. The van der Waals surface area contributed by atoms with E-state index in [0.29, 0.717) is 18.7 Å². The van der Waals surface area contributed by atoms with Gasteiger partial charge in [-0.1, -0.05) is 18.2 Å². The number of anilines is 1. The van der Waals surface area contributed by atoms with Crippen molar-refractivity contribution >= 4 is 22.6 Å². The minimum atomic E-state index is 0.0743. The molecule has 2 aromatic heterocycles. The second-order valence-electron chi connectivity index (χ2n) is 6.34. The van der Waals surface area contributed by atoms with Gasteiger partial charge in [-0.15, -0.1) is 0 Å². The van der Waals surface area contributed by atoms with Gasteiger partial charge in [0, 0.05) is 49.5 Å². The summed E-state index contributed by atoms with van der Waals surface area (Å²) in [4.78, 5) is 25.5. The smallest absolute Gasteiger partial charge is 0.254 e. The number of piperazine rings is 1. The molecule has 1 saturated heterocycles. The summed E-state index contributed by atoms with van der Waals surface area (Å²) in [6.07, 6.45) is 3.32. The van der Waals surface area contributed by atoms with E-state index in [1.165, 1.54) is 5.56 Å². The van der Waals surface area contributed by atoms with E-state index in [-0.39, 0.29) is 5.91 Å². The van der Waals surface area contributed by atoms with Gasteiger partial charge in [0.2, 0.25) is 0 Å². The van der Waals surface area contributed by atoms with Crippen LogP contribution in [0.2, 0.25) is 0 Å². The Balaban J connectivity index is 1.50. The van der Waals surface area contributed by atoms with Crippen LogP contribution < -0.4 is 4.90 Å². The van der Waals surface area contributed by atoms with E-state index in [0.717, 1.165) is 29.8 Å². The van der Waals surface area contributed by atoms with Crippen molar-refractivity contribution < 1.29 is 4.79 Å². The summed E-state index contributed by atoms with van der Waals surface area (Å²) in [7, 11) is 0. The molecule has 1 fully saturated rings. The Hall–Kier alpha value is -2.95. The van der Waals surface area contributed by atoms with Gasteiger partial charge >= 0.3 is 0 Å². The van der Waals surface area contributed by atoms with Gasteiger partial charge in [0.1, 0.15) is 5.82 Å². The lowest BCUT2D eigenvalue weighted by atomic mass is 10.1. The van der Waals surface area contributed by atoms with E-state index in [4.69, 9.17) is 4.98 Å². The molecule has 1 amide bonds. The van der Waals surface area contributed by atoms with Crippen molar-refractivity contribution in [2.24, 2.45) is 0 Å². The van der Waals surface area contributed by atoms with Crippen LogP contribution in [-0.4, -0.2) is 47.0 Å². The number of nitrogens with zero attached hydrogens (tertiary/aromatic N) is 4. The van der Waals surface area contributed by atoms with Crippen LogP contribution in [0.15, 0.2) is 54.9 Å². The first-order valence-electron chi connectivity index (χ1n) is 8.53. The van der Waals surface area contributed by atoms with E-state index >= 15 is 0 Å². The normalized spacial score (nSPS) is 14.8. The molecule has 126 valence electrons. The summed E-state index contributed by atoms with van der Waals surface area (Å²) >= 11 is 0. The van der Waals surface area contributed by atoms with Gasteiger partial charge in [0.15, 0.2) is 0 Å². The van der Waals surface area contributed by atoms with Crippen LogP contribution in [0.4, 0.5) is 5.82 Å². The highest BCUT2D eigenvalue weighted by Gasteiger charge is 2.23. The minimum absolute atomic E-state index is 0.0743. The maximum atomic E-state index is 12.5. The maximum absolute atomic E-state index is 12.5. The molecule has 4 rings (SSSR count). The van der Waals surface area contributed by atoms with Gasteiger partial charge in [-0.25, -0.2) is 4.98 Å². The zero-order chi connectivity index (χ0) is 17.2. The largest absolute Gasteiger partial charge is 0.353 e. The standard InChI is InChI=1S/C20H20N4O/c1-15-14-17-4-2-3-5-18(17)22-19(15)23-10-12-24(13-11-23)20(25)16-6-8-21-9-7-16/h2-9,14H,10-13H2,1H3. The molecule has 1 aromatic carbocycles. The molecule has 0 bridgehead atoms. The number of aromatic nitrogens is 2. The first-order valence-corrected chi connectivity index (χ1v) is 8.53. The summed E-state index contributed by atoms with van der Waals surface area (Å²) in [5.41, 5.74) is 2.88. The van der Waals surface area contributed by atoms with Crippen molar-refractivity contribution in [2.45, 2.75) is 6.92 Å². The van der Waals surface area contributed by atoms with Crippen LogP contribution >= 0.6 is 0 Å². The number of aryl methyl sites for hydroxylation is 1. The van der Waals surface area contributed by atoms with Crippen molar-refractivity contribution in [3.8, 4) is 0 Å². The van der Waals surface area contributed by atoms with Crippen LogP contribution in [0.25, 0.3) is 10.9 Å². The third-order valence-corrected chi connectivity index (χ3v) is 4.68. The lowest BCUT2D eigenvalue weighted by Crippen LogP contribution is -2.49. The van der Waals surface area contributed by atoms with Crippen molar-refractivity contribution in [2.75, 3.05) is 31.1 Å². The summed E-state index contributed by atoms with van der Waals surface area (Å²) < 4.78 is 0. The van der Waals surface area contributed by atoms with E-state index < -0.39 is 0 Å². The average Bonchev–Trinajstić information content (AvgIpc) is 2.68. The zero-order valence-electron chi connectivity index (χ0n) is 14.2. The fourth-order valence-corrected chi connectivity index (χ4v) is 3.33. The number of rotatable bonds is 2. The fourth-order valence-electron chi connectivity index (χ4n) is 3.33. The summed E-state index contributed by atoms with van der Waals surface area (Å²) in [5, 5.41) is 1.16. The van der Waals surface area contributed by atoms with E-state index in [1.54, 1.807) is 24.5 Å². The molecule has 5 heteroatoms. The SMILES string of the molecule is Cc1cc2ccccc2nc1N1CCN(C(=O)c2ccncc2)CC1. The lowest BCUT2D eigenvalue weighted by Gasteiger charge is -2.36. The molecule has 3 aromatic rings. The number of amides is 1. The van der Waals surface area contributed by atoms with E-state index in [2.05, 4.69) is 28.9 Å². The summed E-state index contributed by atoms with van der Waals surface area (Å²) in [6, 6.07) is 13.9. The highest BCUT2D eigenvalue weighted by Crippen LogP contribution is 2.24. The maximum Gasteiger partial charge on any atom is 0.254 e. The molecule has 0 spiro atoms. The van der Waals surface area contributed by atoms with Crippen LogP contribution in [0.3, 0.4) is 0 Å². The molecule has 1 aliphatic heterocycles. The number of hydrogen-bond donors (Lipinski definition) is 0. The van der Waals surface area contributed by atoms with Gasteiger partial charge in [0.25, 0.3) is 5.91 Å². The van der Waals surface area contributed by atoms with Crippen LogP contribution in [-0.2, 0) is 0 Å². The Morgan fingerprint density at radius 2 is 1.72 bits per heavy atom. The minimum Gasteiger partial charge on any atom is -0.353 e. The molecule has 0 radical (unpaired) electrons. The summed E-state index contributed by atoms with van der Waals surface area (Å²) in [6.45, 7) is 5.10. The molecule has 3 heterocycles. The topological polar surface area (TPSA) is 49.3 Å². The van der Waals surface area contributed by atoms with E-state index in [1.807, 2.05) is 23.1 Å². The third kappa shape index (κ3) is 3.05. The molecule has 0 saturated carbocycles. The zero-order valence-corrected chi connectivity index (χ0v) is 14.2.